The average molecular weight is 372 g/mol. The molecule has 1 saturated carbocycles. The topological polar surface area (TPSA) is 49.3 Å². The number of nitrogens with one attached hydrogen (secondary N) is 1. The summed E-state index contributed by atoms with van der Waals surface area (Å²) < 4.78 is 0. The van der Waals surface area contributed by atoms with Crippen molar-refractivity contribution in [2.75, 3.05) is 6.54 Å². The van der Waals surface area contributed by atoms with Crippen LogP contribution in [0.25, 0.3) is 0 Å². The van der Waals surface area contributed by atoms with Gasteiger partial charge in [-0.15, -0.1) is 0 Å². The Labute approximate surface area is 154 Å². The van der Waals surface area contributed by atoms with Crippen LogP contribution in [-0.4, -0.2) is 23.7 Å². The number of benzene rings is 1. The van der Waals surface area contributed by atoms with E-state index in [0.717, 1.165) is 25.8 Å². The van der Waals surface area contributed by atoms with Gasteiger partial charge in [-0.3, -0.25) is 4.79 Å². The molecule has 0 aromatic heterocycles. The number of carboxylic acids is 1. The fraction of sp³-hybridized carbons (Fsp3) is 0.632. The van der Waals surface area contributed by atoms with Gasteiger partial charge in [0.15, 0.2) is 0 Å². The zero-order valence-corrected chi connectivity index (χ0v) is 16.0. The van der Waals surface area contributed by atoms with Crippen molar-refractivity contribution in [1.82, 2.24) is 5.32 Å². The standard InChI is InChI=1S/C19H27Cl2NO2/c1-13(2)11-17(22-10-3-5-18(23)24)19(8-4-9-19)14-6-7-15(20)16(21)12-14/h6-7,12-13,17,22H,3-5,8-11H2,1-2H3,(H,23,24). The third-order valence-corrected chi connectivity index (χ3v) is 5.81. The summed E-state index contributed by atoms with van der Waals surface area (Å²) in [7, 11) is 0. The molecule has 0 saturated heterocycles. The Kier molecular flexibility index (Phi) is 6.97. The lowest BCUT2D eigenvalue weighted by molar-refractivity contribution is -0.137. The van der Waals surface area contributed by atoms with Gasteiger partial charge in [-0.2, -0.15) is 0 Å². The lowest BCUT2D eigenvalue weighted by atomic mass is 9.59. The van der Waals surface area contributed by atoms with Gasteiger partial charge in [-0.1, -0.05) is 49.5 Å². The maximum Gasteiger partial charge on any atom is 0.303 e. The summed E-state index contributed by atoms with van der Waals surface area (Å²) in [5.74, 6) is -0.165. The summed E-state index contributed by atoms with van der Waals surface area (Å²) in [5.41, 5.74) is 1.33. The Hall–Kier alpha value is -0.770. The molecule has 1 atom stereocenters. The molecule has 5 heteroatoms. The summed E-state index contributed by atoms with van der Waals surface area (Å²) in [5, 5.41) is 13.7. The Balaban J connectivity index is 2.17. The number of carbonyl (C=O) groups is 1. The zero-order valence-electron chi connectivity index (χ0n) is 14.4. The Morgan fingerprint density at radius 2 is 2.00 bits per heavy atom. The van der Waals surface area contributed by atoms with E-state index in [1.165, 1.54) is 12.0 Å². The predicted molar refractivity (Wildman–Crippen MR) is 100 cm³/mol. The molecule has 0 aliphatic heterocycles. The van der Waals surface area contributed by atoms with Gasteiger partial charge in [-0.05, 0) is 55.8 Å². The molecular formula is C19H27Cl2NO2. The molecule has 1 unspecified atom stereocenters. The number of halogens is 2. The van der Waals surface area contributed by atoms with Crippen LogP contribution in [0.4, 0.5) is 0 Å². The van der Waals surface area contributed by atoms with Crippen molar-refractivity contribution >= 4 is 29.2 Å². The normalized spacial score (nSPS) is 17.5. The number of carboxylic acid groups (broad SMARTS) is 1. The first-order valence-electron chi connectivity index (χ1n) is 8.76. The minimum atomic E-state index is -0.736. The highest BCUT2D eigenvalue weighted by atomic mass is 35.5. The number of hydrogen-bond donors (Lipinski definition) is 2. The molecule has 134 valence electrons. The fourth-order valence-corrected chi connectivity index (χ4v) is 3.99. The highest BCUT2D eigenvalue weighted by molar-refractivity contribution is 6.42. The molecule has 1 aliphatic carbocycles. The lowest BCUT2D eigenvalue weighted by Crippen LogP contribution is -2.53. The highest BCUT2D eigenvalue weighted by Crippen LogP contribution is 2.49. The van der Waals surface area contributed by atoms with Crippen LogP contribution in [0.2, 0.25) is 10.0 Å². The fourth-order valence-electron chi connectivity index (χ4n) is 3.69. The average Bonchev–Trinajstić information content (AvgIpc) is 2.45. The number of rotatable bonds is 9. The SMILES string of the molecule is CC(C)CC(NCCCC(=O)O)C1(c2ccc(Cl)c(Cl)c2)CCC1. The van der Waals surface area contributed by atoms with Crippen LogP contribution >= 0.6 is 23.2 Å². The van der Waals surface area contributed by atoms with Crippen molar-refractivity contribution in [3.8, 4) is 0 Å². The van der Waals surface area contributed by atoms with Crippen molar-refractivity contribution in [3.05, 3.63) is 33.8 Å². The van der Waals surface area contributed by atoms with Crippen molar-refractivity contribution in [2.45, 2.75) is 63.8 Å². The van der Waals surface area contributed by atoms with Crippen LogP contribution in [0.3, 0.4) is 0 Å². The van der Waals surface area contributed by atoms with E-state index in [2.05, 4.69) is 25.2 Å². The second-order valence-corrected chi connectivity index (χ2v) is 8.09. The molecule has 24 heavy (non-hydrogen) atoms. The smallest absolute Gasteiger partial charge is 0.303 e. The van der Waals surface area contributed by atoms with E-state index in [-0.39, 0.29) is 11.8 Å². The molecule has 1 aromatic rings. The molecule has 2 rings (SSSR count). The monoisotopic (exact) mass is 371 g/mol. The largest absolute Gasteiger partial charge is 0.481 e. The van der Waals surface area contributed by atoms with Gasteiger partial charge in [-0.25, -0.2) is 0 Å². The van der Waals surface area contributed by atoms with Crippen molar-refractivity contribution in [1.29, 1.82) is 0 Å². The van der Waals surface area contributed by atoms with Crippen LogP contribution in [-0.2, 0) is 10.2 Å². The molecule has 0 bridgehead atoms. The lowest BCUT2D eigenvalue weighted by Gasteiger charge is -2.49. The molecule has 1 aliphatic rings. The summed E-state index contributed by atoms with van der Waals surface area (Å²) in [6.07, 6.45) is 5.41. The van der Waals surface area contributed by atoms with E-state index >= 15 is 0 Å². The summed E-state index contributed by atoms with van der Waals surface area (Å²) in [6.45, 7) is 5.19. The van der Waals surface area contributed by atoms with Gasteiger partial charge in [0.2, 0.25) is 0 Å². The highest BCUT2D eigenvalue weighted by Gasteiger charge is 2.45. The zero-order chi connectivity index (χ0) is 17.7. The molecule has 0 amide bonds. The Morgan fingerprint density at radius 1 is 1.29 bits per heavy atom. The predicted octanol–water partition coefficient (Wildman–Crippen LogP) is 5.28. The van der Waals surface area contributed by atoms with Crippen molar-refractivity contribution in [3.63, 3.8) is 0 Å². The van der Waals surface area contributed by atoms with E-state index in [4.69, 9.17) is 28.3 Å². The van der Waals surface area contributed by atoms with Crippen LogP contribution in [0.15, 0.2) is 18.2 Å². The first-order chi connectivity index (χ1) is 11.3. The molecule has 2 N–H and O–H groups in total. The van der Waals surface area contributed by atoms with Crippen LogP contribution in [0.5, 0.6) is 0 Å². The number of aliphatic carboxylic acids is 1. The maximum atomic E-state index is 10.7. The second-order valence-electron chi connectivity index (χ2n) is 7.27. The minimum Gasteiger partial charge on any atom is -0.481 e. The second kappa shape index (κ2) is 8.55. The number of hydrogen-bond acceptors (Lipinski definition) is 2. The molecule has 0 spiro atoms. The molecule has 0 radical (unpaired) electrons. The van der Waals surface area contributed by atoms with Gasteiger partial charge >= 0.3 is 5.97 Å². The quantitative estimate of drug-likeness (QED) is 0.580. The molecule has 1 fully saturated rings. The van der Waals surface area contributed by atoms with Crippen molar-refractivity contribution in [2.24, 2.45) is 5.92 Å². The van der Waals surface area contributed by atoms with E-state index in [1.807, 2.05) is 12.1 Å². The summed E-state index contributed by atoms with van der Waals surface area (Å²) in [6, 6.07) is 6.32. The first-order valence-corrected chi connectivity index (χ1v) is 9.51. The van der Waals surface area contributed by atoms with Crippen molar-refractivity contribution < 1.29 is 9.90 Å². The van der Waals surface area contributed by atoms with Crippen LogP contribution in [0.1, 0.15) is 57.9 Å². The van der Waals surface area contributed by atoms with Gasteiger partial charge in [0.05, 0.1) is 10.0 Å². The minimum absolute atomic E-state index is 0.0850. The molecule has 3 nitrogen and oxygen atoms in total. The van der Waals surface area contributed by atoms with Gasteiger partial charge in [0.1, 0.15) is 0 Å². The van der Waals surface area contributed by atoms with E-state index in [9.17, 15) is 4.79 Å². The summed E-state index contributed by atoms with van der Waals surface area (Å²) in [4.78, 5) is 10.7. The van der Waals surface area contributed by atoms with Gasteiger partial charge in [0, 0.05) is 17.9 Å². The van der Waals surface area contributed by atoms with Crippen LogP contribution in [0, 0.1) is 5.92 Å². The van der Waals surface area contributed by atoms with Gasteiger partial charge in [0.25, 0.3) is 0 Å². The Bertz CT molecular complexity index is 570. The first kappa shape index (κ1) is 19.6. The Morgan fingerprint density at radius 3 is 2.50 bits per heavy atom. The molecular weight excluding hydrogens is 345 g/mol. The van der Waals surface area contributed by atoms with E-state index in [1.54, 1.807) is 0 Å². The van der Waals surface area contributed by atoms with E-state index < -0.39 is 5.97 Å². The molecule has 0 heterocycles. The van der Waals surface area contributed by atoms with E-state index in [0.29, 0.717) is 28.4 Å². The third kappa shape index (κ3) is 4.65. The molecule has 1 aromatic carbocycles. The third-order valence-electron chi connectivity index (χ3n) is 5.07. The van der Waals surface area contributed by atoms with Crippen LogP contribution < -0.4 is 5.32 Å². The maximum absolute atomic E-state index is 10.7. The summed E-state index contributed by atoms with van der Waals surface area (Å²) >= 11 is 12.3. The van der Waals surface area contributed by atoms with Gasteiger partial charge < -0.3 is 10.4 Å².